The SMILES string of the molecule is COc1cc(Br)ccc1C(C)NC(=O)C(C)C(=O)O. The minimum absolute atomic E-state index is 0.336. The molecular formula is C13H16BrNO4. The molecule has 1 aromatic carbocycles. The fraction of sp³-hybridized carbons (Fsp3) is 0.385. The first-order valence-corrected chi connectivity index (χ1v) is 6.52. The van der Waals surface area contributed by atoms with E-state index in [4.69, 9.17) is 9.84 Å². The molecule has 2 atom stereocenters. The van der Waals surface area contributed by atoms with Gasteiger partial charge in [0, 0.05) is 10.0 Å². The van der Waals surface area contributed by atoms with E-state index in [1.807, 2.05) is 12.1 Å². The zero-order valence-corrected chi connectivity index (χ0v) is 12.5. The van der Waals surface area contributed by atoms with Crippen molar-refractivity contribution in [3.63, 3.8) is 0 Å². The smallest absolute Gasteiger partial charge is 0.315 e. The Morgan fingerprint density at radius 3 is 2.53 bits per heavy atom. The first-order valence-electron chi connectivity index (χ1n) is 5.73. The van der Waals surface area contributed by atoms with Crippen molar-refractivity contribution in [1.82, 2.24) is 5.32 Å². The van der Waals surface area contributed by atoms with E-state index < -0.39 is 17.8 Å². The Hall–Kier alpha value is -1.56. The number of hydrogen-bond donors (Lipinski definition) is 2. The van der Waals surface area contributed by atoms with Gasteiger partial charge < -0.3 is 15.2 Å². The maximum Gasteiger partial charge on any atom is 0.315 e. The van der Waals surface area contributed by atoms with E-state index in [1.165, 1.54) is 6.92 Å². The molecule has 0 fully saturated rings. The Balaban J connectivity index is 2.86. The summed E-state index contributed by atoms with van der Waals surface area (Å²) in [5.74, 6) is -2.12. The predicted molar refractivity (Wildman–Crippen MR) is 74.1 cm³/mol. The van der Waals surface area contributed by atoms with Crippen molar-refractivity contribution >= 4 is 27.8 Å². The van der Waals surface area contributed by atoms with E-state index in [9.17, 15) is 9.59 Å². The van der Waals surface area contributed by atoms with Gasteiger partial charge >= 0.3 is 5.97 Å². The number of nitrogens with one attached hydrogen (secondary N) is 1. The topological polar surface area (TPSA) is 75.6 Å². The number of halogens is 1. The highest BCUT2D eigenvalue weighted by molar-refractivity contribution is 9.10. The van der Waals surface area contributed by atoms with Crippen molar-refractivity contribution in [1.29, 1.82) is 0 Å². The number of methoxy groups -OCH3 is 1. The zero-order chi connectivity index (χ0) is 14.6. The molecule has 1 aromatic rings. The molecule has 0 aromatic heterocycles. The van der Waals surface area contributed by atoms with Crippen LogP contribution in [0.5, 0.6) is 5.75 Å². The summed E-state index contributed by atoms with van der Waals surface area (Å²) in [5.41, 5.74) is 0.789. The number of carbonyl (C=O) groups excluding carboxylic acids is 1. The van der Waals surface area contributed by atoms with Crippen LogP contribution in [0.15, 0.2) is 22.7 Å². The summed E-state index contributed by atoms with van der Waals surface area (Å²) in [6, 6.07) is 5.11. The lowest BCUT2D eigenvalue weighted by atomic mass is 10.1. The molecule has 0 aliphatic carbocycles. The van der Waals surface area contributed by atoms with Gasteiger partial charge in [-0.05, 0) is 26.0 Å². The summed E-state index contributed by atoms with van der Waals surface area (Å²) in [4.78, 5) is 22.4. The summed E-state index contributed by atoms with van der Waals surface area (Å²) in [6.07, 6.45) is 0. The average Bonchev–Trinajstić information content (AvgIpc) is 2.36. The molecule has 0 spiro atoms. The van der Waals surface area contributed by atoms with E-state index in [1.54, 1.807) is 20.1 Å². The third kappa shape index (κ3) is 3.96. The van der Waals surface area contributed by atoms with Crippen LogP contribution in [0.1, 0.15) is 25.5 Å². The number of ether oxygens (including phenoxy) is 1. The first kappa shape index (κ1) is 15.5. The van der Waals surface area contributed by atoms with E-state index in [0.717, 1.165) is 10.0 Å². The first-order chi connectivity index (χ1) is 8.86. The lowest BCUT2D eigenvalue weighted by Crippen LogP contribution is -2.35. The number of aliphatic carboxylic acids is 1. The molecule has 0 heterocycles. The second-order valence-corrected chi connectivity index (χ2v) is 5.09. The lowest BCUT2D eigenvalue weighted by Gasteiger charge is -2.18. The summed E-state index contributed by atoms with van der Waals surface area (Å²) < 4.78 is 6.11. The van der Waals surface area contributed by atoms with E-state index >= 15 is 0 Å². The summed E-state index contributed by atoms with van der Waals surface area (Å²) in [5, 5.41) is 11.4. The summed E-state index contributed by atoms with van der Waals surface area (Å²) >= 11 is 3.33. The number of rotatable bonds is 5. The van der Waals surface area contributed by atoms with Crippen LogP contribution in [0.2, 0.25) is 0 Å². The molecule has 1 rings (SSSR count). The van der Waals surface area contributed by atoms with Crippen molar-refractivity contribution in [3.05, 3.63) is 28.2 Å². The summed E-state index contributed by atoms with van der Waals surface area (Å²) in [6.45, 7) is 3.13. The van der Waals surface area contributed by atoms with Crippen LogP contribution in [0.3, 0.4) is 0 Å². The van der Waals surface area contributed by atoms with Crippen molar-refractivity contribution < 1.29 is 19.4 Å². The Kier molecular flexibility index (Phi) is 5.35. The molecule has 104 valence electrons. The molecule has 0 bridgehead atoms. The van der Waals surface area contributed by atoms with Gasteiger partial charge in [0.15, 0.2) is 0 Å². The third-order valence-electron chi connectivity index (χ3n) is 2.78. The van der Waals surface area contributed by atoms with Crippen LogP contribution in [0.25, 0.3) is 0 Å². The maximum atomic E-state index is 11.7. The second kappa shape index (κ2) is 6.56. The minimum atomic E-state index is -1.15. The number of carboxylic acid groups (broad SMARTS) is 1. The average molecular weight is 330 g/mol. The number of hydrogen-bond acceptors (Lipinski definition) is 3. The zero-order valence-electron chi connectivity index (χ0n) is 10.9. The van der Waals surface area contributed by atoms with Gasteiger partial charge in [-0.15, -0.1) is 0 Å². The molecule has 0 aliphatic heterocycles. The van der Waals surface area contributed by atoms with Crippen LogP contribution in [-0.2, 0) is 9.59 Å². The number of benzene rings is 1. The fourth-order valence-corrected chi connectivity index (χ4v) is 1.91. The number of amides is 1. The number of carbonyl (C=O) groups is 2. The quantitative estimate of drug-likeness (QED) is 0.813. The van der Waals surface area contributed by atoms with Crippen LogP contribution in [-0.4, -0.2) is 24.1 Å². The molecule has 0 aliphatic rings. The normalized spacial score (nSPS) is 13.5. The van der Waals surface area contributed by atoms with Gasteiger partial charge in [0.2, 0.25) is 5.91 Å². The van der Waals surface area contributed by atoms with Crippen molar-refractivity contribution in [2.75, 3.05) is 7.11 Å². The van der Waals surface area contributed by atoms with Gasteiger partial charge in [-0.3, -0.25) is 9.59 Å². The molecule has 0 saturated carbocycles. The molecule has 0 saturated heterocycles. The Morgan fingerprint density at radius 1 is 1.37 bits per heavy atom. The highest BCUT2D eigenvalue weighted by Gasteiger charge is 2.23. The molecule has 2 N–H and O–H groups in total. The van der Waals surface area contributed by atoms with Crippen LogP contribution in [0.4, 0.5) is 0 Å². The van der Waals surface area contributed by atoms with Crippen LogP contribution >= 0.6 is 15.9 Å². The van der Waals surface area contributed by atoms with Gasteiger partial charge in [0.05, 0.1) is 13.2 Å². The van der Waals surface area contributed by atoms with Gasteiger partial charge in [0.25, 0.3) is 0 Å². The van der Waals surface area contributed by atoms with Crippen LogP contribution in [0, 0.1) is 5.92 Å². The molecular weight excluding hydrogens is 314 g/mol. The van der Waals surface area contributed by atoms with E-state index in [0.29, 0.717) is 5.75 Å². The van der Waals surface area contributed by atoms with Crippen LogP contribution < -0.4 is 10.1 Å². The molecule has 2 unspecified atom stereocenters. The second-order valence-electron chi connectivity index (χ2n) is 4.18. The third-order valence-corrected chi connectivity index (χ3v) is 3.28. The molecule has 0 radical (unpaired) electrons. The largest absolute Gasteiger partial charge is 0.496 e. The Bertz CT molecular complexity index is 490. The maximum absolute atomic E-state index is 11.7. The predicted octanol–water partition coefficient (Wildman–Crippen LogP) is 2.36. The molecule has 6 heteroatoms. The lowest BCUT2D eigenvalue weighted by molar-refractivity contribution is -0.146. The van der Waals surface area contributed by atoms with Crippen molar-refractivity contribution in [2.24, 2.45) is 5.92 Å². The van der Waals surface area contributed by atoms with Gasteiger partial charge in [0.1, 0.15) is 11.7 Å². The van der Waals surface area contributed by atoms with Crippen molar-refractivity contribution in [2.45, 2.75) is 19.9 Å². The van der Waals surface area contributed by atoms with E-state index in [-0.39, 0.29) is 6.04 Å². The summed E-state index contributed by atoms with van der Waals surface area (Å²) in [7, 11) is 1.54. The van der Waals surface area contributed by atoms with Crippen molar-refractivity contribution in [3.8, 4) is 5.75 Å². The Morgan fingerprint density at radius 2 is 2.00 bits per heavy atom. The van der Waals surface area contributed by atoms with E-state index in [2.05, 4.69) is 21.2 Å². The Labute approximate surface area is 120 Å². The molecule has 19 heavy (non-hydrogen) atoms. The molecule has 1 amide bonds. The standard InChI is InChI=1S/C13H16BrNO4/c1-7(13(17)18)12(16)15-8(2)10-5-4-9(14)6-11(10)19-3/h4-8H,1-3H3,(H,15,16)(H,17,18). The number of carboxylic acids is 1. The molecule has 5 nitrogen and oxygen atoms in total. The fourth-order valence-electron chi connectivity index (χ4n) is 1.57. The van der Waals surface area contributed by atoms with Gasteiger partial charge in [-0.1, -0.05) is 22.0 Å². The van der Waals surface area contributed by atoms with Gasteiger partial charge in [-0.25, -0.2) is 0 Å². The van der Waals surface area contributed by atoms with Gasteiger partial charge in [-0.2, -0.15) is 0 Å². The highest BCUT2D eigenvalue weighted by Crippen LogP contribution is 2.28. The highest BCUT2D eigenvalue weighted by atomic mass is 79.9. The monoisotopic (exact) mass is 329 g/mol. The minimum Gasteiger partial charge on any atom is -0.496 e.